The van der Waals surface area contributed by atoms with E-state index in [2.05, 4.69) is 29.0 Å². The third-order valence-corrected chi connectivity index (χ3v) is 5.84. The summed E-state index contributed by atoms with van der Waals surface area (Å²) in [5.41, 5.74) is 1.61. The molecule has 0 radical (unpaired) electrons. The van der Waals surface area contributed by atoms with Gasteiger partial charge in [-0.2, -0.15) is 0 Å². The average molecular weight is 357 g/mol. The fraction of sp³-hybridized carbons (Fsp3) is 0.200. The van der Waals surface area contributed by atoms with Crippen LogP contribution in [0.3, 0.4) is 0 Å². The molecule has 0 heterocycles. The molecule has 0 aliphatic carbocycles. The molecule has 0 fully saturated rings. The summed E-state index contributed by atoms with van der Waals surface area (Å²) in [6.07, 6.45) is 1.47. The van der Waals surface area contributed by atoms with E-state index in [0.717, 1.165) is 12.5 Å². The molecule has 3 aromatic rings. The van der Waals surface area contributed by atoms with Crippen molar-refractivity contribution in [1.29, 1.82) is 0 Å². The Kier molecular flexibility index (Phi) is 5.16. The Bertz CT molecular complexity index is 994. The van der Waals surface area contributed by atoms with Gasteiger partial charge in [-0.05, 0) is 59.9 Å². The zero-order valence-corrected chi connectivity index (χ0v) is 14.8. The summed E-state index contributed by atoms with van der Waals surface area (Å²) in [4.78, 5) is 0.124. The van der Waals surface area contributed by atoms with Gasteiger partial charge in [0.05, 0.1) is 4.90 Å². The lowest BCUT2D eigenvalue weighted by atomic mass is 10.0. The van der Waals surface area contributed by atoms with Crippen molar-refractivity contribution in [1.82, 2.24) is 4.72 Å². The third-order valence-electron chi connectivity index (χ3n) is 4.22. The number of hydrogen-bond donors (Lipinski definition) is 1. The highest BCUT2D eigenvalue weighted by Gasteiger charge is 2.16. The molecule has 0 saturated heterocycles. The van der Waals surface area contributed by atoms with E-state index in [0.29, 0.717) is 18.5 Å². The summed E-state index contributed by atoms with van der Waals surface area (Å²) < 4.78 is 40.5. The van der Waals surface area contributed by atoms with Crippen molar-refractivity contribution in [2.24, 2.45) is 0 Å². The first-order valence-corrected chi connectivity index (χ1v) is 9.68. The lowest BCUT2D eigenvalue weighted by molar-refractivity contribution is 0.577. The molecule has 0 unspecified atom stereocenters. The van der Waals surface area contributed by atoms with Crippen LogP contribution in [0.15, 0.2) is 65.6 Å². The lowest BCUT2D eigenvalue weighted by Gasteiger charge is -2.10. The second kappa shape index (κ2) is 7.33. The predicted molar refractivity (Wildman–Crippen MR) is 98.6 cm³/mol. The van der Waals surface area contributed by atoms with Gasteiger partial charge in [-0.15, -0.1) is 0 Å². The smallest absolute Gasteiger partial charge is 0.211 e. The molecule has 25 heavy (non-hydrogen) atoms. The van der Waals surface area contributed by atoms with E-state index in [-0.39, 0.29) is 4.90 Å². The largest absolute Gasteiger partial charge is 0.240 e. The summed E-state index contributed by atoms with van der Waals surface area (Å²) in [6.45, 7) is 1.93. The monoisotopic (exact) mass is 357 g/mol. The maximum Gasteiger partial charge on any atom is 0.240 e. The summed E-state index contributed by atoms with van der Waals surface area (Å²) >= 11 is 0. The number of sulfonamides is 1. The highest BCUT2D eigenvalue weighted by molar-refractivity contribution is 7.89. The van der Waals surface area contributed by atoms with Crippen LogP contribution < -0.4 is 4.72 Å². The molecule has 3 aromatic carbocycles. The van der Waals surface area contributed by atoms with Crippen LogP contribution >= 0.6 is 0 Å². The first-order valence-electron chi connectivity index (χ1n) is 8.20. The van der Waals surface area contributed by atoms with E-state index >= 15 is 0 Å². The molecular weight excluding hydrogens is 337 g/mol. The number of rotatable bonds is 6. The van der Waals surface area contributed by atoms with Crippen LogP contribution in [0.1, 0.15) is 17.5 Å². The summed E-state index contributed by atoms with van der Waals surface area (Å²) in [5, 5.41) is 2.38. The Morgan fingerprint density at radius 3 is 2.56 bits per heavy atom. The molecule has 3 nitrogen and oxygen atoms in total. The van der Waals surface area contributed by atoms with Crippen LogP contribution in [-0.4, -0.2) is 15.0 Å². The molecule has 0 atom stereocenters. The van der Waals surface area contributed by atoms with Crippen LogP contribution in [-0.2, 0) is 16.4 Å². The minimum atomic E-state index is -3.62. The topological polar surface area (TPSA) is 46.2 Å². The molecule has 5 heteroatoms. The van der Waals surface area contributed by atoms with E-state index in [1.54, 1.807) is 6.92 Å². The van der Waals surface area contributed by atoms with Crippen LogP contribution in [0.5, 0.6) is 0 Å². The van der Waals surface area contributed by atoms with Crippen LogP contribution in [0, 0.1) is 12.7 Å². The van der Waals surface area contributed by atoms with E-state index < -0.39 is 15.8 Å². The number of halogens is 1. The van der Waals surface area contributed by atoms with Crippen molar-refractivity contribution in [3.63, 3.8) is 0 Å². The van der Waals surface area contributed by atoms with Gasteiger partial charge in [0.25, 0.3) is 0 Å². The highest BCUT2D eigenvalue weighted by Crippen LogP contribution is 2.20. The molecular formula is C20H20FNO2S. The van der Waals surface area contributed by atoms with Crippen molar-refractivity contribution in [3.8, 4) is 0 Å². The zero-order chi connectivity index (χ0) is 17.9. The molecule has 0 aliphatic rings. The van der Waals surface area contributed by atoms with Crippen LogP contribution in [0.4, 0.5) is 4.39 Å². The quantitative estimate of drug-likeness (QED) is 0.672. The van der Waals surface area contributed by atoms with E-state index in [1.807, 2.05) is 18.2 Å². The summed E-state index contributed by atoms with van der Waals surface area (Å²) in [7, 11) is -3.62. The average Bonchev–Trinajstić information content (AvgIpc) is 2.58. The van der Waals surface area contributed by atoms with Gasteiger partial charge in [-0.25, -0.2) is 17.5 Å². The maximum absolute atomic E-state index is 13.1. The summed E-state index contributed by atoms with van der Waals surface area (Å²) in [5.74, 6) is -0.438. The number of hydrogen-bond acceptors (Lipinski definition) is 2. The Morgan fingerprint density at radius 2 is 1.76 bits per heavy atom. The molecule has 0 aliphatic heterocycles. The molecule has 0 spiro atoms. The normalized spacial score (nSPS) is 11.8. The van der Waals surface area contributed by atoms with Crippen molar-refractivity contribution in [2.75, 3.05) is 6.54 Å². The van der Waals surface area contributed by atoms with E-state index in [9.17, 15) is 12.8 Å². The molecule has 0 amide bonds. The molecule has 0 bridgehead atoms. The minimum Gasteiger partial charge on any atom is -0.211 e. The zero-order valence-electron chi connectivity index (χ0n) is 14.0. The second-order valence-corrected chi connectivity index (χ2v) is 7.78. The van der Waals surface area contributed by atoms with Crippen LogP contribution in [0.2, 0.25) is 0 Å². The third kappa shape index (κ3) is 4.06. The second-order valence-electron chi connectivity index (χ2n) is 6.05. The summed E-state index contributed by atoms with van der Waals surface area (Å²) in [6, 6.07) is 18.0. The van der Waals surface area contributed by atoms with Crippen molar-refractivity contribution in [3.05, 3.63) is 77.6 Å². The number of nitrogens with one attached hydrogen (secondary N) is 1. The first kappa shape index (κ1) is 17.6. The number of benzene rings is 3. The Labute approximate surface area is 147 Å². The first-order chi connectivity index (χ1) is 12.0. The van der Waals surface area contributed by atoms with Gasteiger partial charge >= 0.3 is 0 Å². The molecule has 1 N–H and O–H groups in total. The standard InChI is InChI=1S/C20H20FNO2S/c1-15-14-18(21)11-12-20(15)25(23,24)22-13-5-9-17-8-4-7-16-6-2-3-10-19(16)17/h2-4,6-8,10-12,14,22H,5,9,13H2,1H3. The Morgan fingerprint density at radius 1 is 1.00 bits per heavy atom. The maximum atomic E-state index is 13.1. The van der Waals surface area contributed by atoms with E-state index in [1.165, 1.54) is 28.5 Å². The molecule has 3 rings (SSSR count). The number of aryl methyl sites for hydroxylation is 2. The molecule has 0 saturated carbocycles. The Hall–Kier alpha value is -2.24. The van der Waals surface area contributed by atoms with Crippen molar-refractivity contribution < 1.29 is 12.8 Å². The van der Waals surface area contributed by atoms with E-state index in [4.69, 9.17) is 0 Å². The fourth-order valence-electron chi connectivity index (χ4n) is 2.99. The van der Waals surface area contributed by atoms with Gasteiger partial charge in [0.2, 0.25) is 10.0 Å². The van der Waals surface area contributed by atoms with Gasteiger partial charge in [-0.1, -0.05) is 42.5 Å². The fourth-order valence-corrected chi connectivity index (χ4v) is 4.29. The van der Waals surface area contributed by atoms with Crippen LogP contribution in [0.25, 0.3) is 10.8 Å². The van der Waals surface area contributed by atoms with Gasteiger partial charge < -0.3 is 0 Å². The predicted octanol–water partition coefficient (Wildman–Crippen LogP) is 4.20. The van der Waals surface area contributed by atoms with Gasteiger partial charge in [0.1, 0.15) is 5.82 Å². The van der Waals surface area contributed by atoms with Gasteiger partial charge in [-0.3, -0.25) is 0 Å². The molecule has 0 aromatic heterocycles. The van der Waals surface area contributed by atoms with Crippen molar-refractivity contribution in [2.45, 2.75) is 24.7 Å². The van der Waals surface area contributed by atoms with Crippen molar-refractivity contribution >= 4 is 20.8 Å². The highest BCUT2D eigenvalue weighted by atomic mass is 32.2. The van der Waals surface area contributed by atoms with Gasteiger partial charge in [0, 0.05) is 6.54 Å². The molecule has 130 valence electrons. The number of fused-ring (bicyclic) bond motifs is 1. The lowest BCUT2D eigenvalue weighted by Crippen LogP contribution is -2.25. The van der Waals surface area contributed by atoms with Gasteiger partial charge in [0.15, 0.2) is 0 Å². The Balaban J connectivity index is 1.64. The minimum absolute atomic E-state index is 0.124. The SMILES string of the molecule is Cc1cc(F)ccc1S(=O)(=O)NCCCc1cccc2ccccc12.